The lowest BCUT2D eigenvalue weighted by Crippen LogP contribution is -2.35. The molecule has 2 aromatic rings. The van der Waals surface area contributed by atoms with Gasteiger partial charge in [0.2, 0.25) is 4.96 Å². The second-order valence-electron chi connectivity index (χ2n) is 5.31. The van der Waals surface area contributed by atoms with Crippen LogP contribution in [-0.4, -0.2) is 43.7 Å². The number of fused-ring (bicyclic) bond motifs is 1. The summed E-state index contributed by atoms with van der Waals surface area (Å²) in [5.41, 5.74) is 0.530. The number of aryl methyl sites for hydroxylation is 1. The van der Waals surface area contributed by atoms with Crippen LogP contribution in [0.3, 0.4) is 0 Å². The predicted octanol–water partition coefficient (Wildman–Crippen LogP) is 0.756. The number of aliphatic carboxylic acids is 1. The molecule has 2 aromatic heterocycles. The van der Waals surface area contributed by atoms with E-state index in [1.165, 1.54) is 21.9 Å². The lowest BCUT2D eigenvalue weighted by Gasteiger charge is -2.28. The Morgan fingerprint density at radius 2 is 2.19 bits per heavy atom. The zero-order valence-electron chi connectivity index (χ0n) is 11.7. The van der Waals surface area contributed by atoms with Gasteiger partial charge in [0.1, 0.15) is 5.01 Å². The first kappa shape index (κ1) is 14.2. The molecule has 1 aliphatic rings. The number of likely N-dealkylation sites (tertiary alicyclic amines) is 1. The zero-order chi connectivity index (χ0) is 15.0. The van der Waals surface area contributed by atoms with Gasteiger partial charge in [0.05, 0.1) is 12.5 Å². The van der Waals surface area contributed by atoms with Crippen LogP contribution in [0.1, 0.15) is 23.5 Å². The first-order valence-corrected chi connectivity index (χ1v) is 7.66. The fourth-order valence-electron chi connectivity index (χ4n) is 2.55. The quantitative estimate of drug-likeness (QED) is 0.900. The highest BCUT2D eigenvalue weighted by atomic mass is 32.1. The average molecular weight is 308 g/mol. The molecule has 0 spiro atoms. The Morgan fingerprint density at radius 3 is 2.86 bits per heavy atom. The third-order valence-electron chi connectivity index (χ3n) is 3.71. The number of carbonyl (C=O) groups is 1. The molecular formula is C13H16N4O3S. The van der Waals surface area contributed by atoms with Gasteiger partial charge < -0.3 is 5.11 Å². The second-order valence-corrected chi connectivity index (χ2v) is 6.36. The summed E-state index contributed by atoms with van der Waals surface area (Å²) in [7, 11) is 0. The summed E-state index contributed by atoms with van der Waals surface area (Å²) in [6.45, 7) is 3.92. The Kier molecular flexibility index (Phi) is 3.73. The van der Waals surface area contributed by atoms with Crippen LogP contribution in [0, 0.1) is 12.8 Å². The third kappa shape index (κ3) is 2.96. The van der Waals surface area contributed by atoms with Crippen LogP contribution in [-0.2, 0) is 11.3 Å². The number of aromatic nitrogens is 3. The molecule has 0 bridgehead atoms. The first-order chi connectivity index (χ1) is 10.0. The molecule has 0 saturated carbocycles. The number of carboxylic acids is 1. The van der Waals surface area contributed by atoms with E-state index in [2.05, 4.69) is 15.0 Å². The van der Waals surface area contributed by atoms with Crippen molar-refractivity contribution in [3.63, 3.8) is 0 Å². The van der Waals surface area contributed by atoms with Gasteiger partial charge in [-0.05, 0) is 32.9 Å². The van der Waals surface area contributed by atoms with Gasteiger partial charge in [0.25, 0.3) is 5.56 Å². The SMILES string of the molecule is Cc1cc(=O)n2nc(CN3CCC(C(=O)O)CC3)sc2n1. The number of piperidine rings is 1. The van der Waals surface area contributed by atoms with E-state index in [-0.39, 0.29) is 11.5 Å². The summed E-state index contributed by atoms with van der Waals surface area (Å²) < 4.78 is 1.33. The second kappa shape index (κ2) is 5.53. The molecule has 1 aliphatic heterocycles. The van der Waals surface area contributed by atoms with Crippen LogP contribution < -0.4 is 5.56 Å². The minimum Gasteiger partial charge on any atom is -0.481 e. The van der Waals surface area contributed by atoms with Crippen molar-refractivity contribution in [2.75, 3.05) is 13.1 Å². The van der Waals surface area contributed by atoms with Crippen molar-refractivity contribution in [1.29, 1.82) is 0 Å². The van der Waals surface area contributed by atoms with Crippen LogP contribution in [0.25, 0.3) is 4.96 Å². The fourth-order valence-corrected chi connectivity index (χ4v) is 3.54. The van der Waals surface area contributed by atoms with E-state index in [9.17, 15) is 9.59 Å². The van der Waals surface area contributed by atoms with Crippen molar-refractivity contribution < 1.29 is 9.90 Å². The van der Waals surface area contributed by atoms with E-state index >= 15 is 0 Å². The molecular weight excluding hydrogens is 292 g/mol. The zero-order valence-corrected chi connectivity index (χ0v) is 12.5. The number of hydrogen-bond donors (Lipinski definition) is 1. The maximum atomic E-state index is 11.8. The van der Waals surface area contributed by atoms with Crippen molar-refractivity contribution in [1.82, 2.24) is 19.5 Å². The summed E-state index contributed by atoms with van der Waals surface area (Å²) >= 11 is 1.41. The maximum absolute atomic E-state index is 11.8. The molecule has 0 unspecified atom stereocenters. The molecule has 0 atom stereocenters. The molecule has 1 saturated heterocycles. The number of carboxylic acid groups (broad SMARTS) is 1. The van der Waals surface area contributed by atoms with E-state index in [0.717, 1.165) is 18.1 Å². The fraction of sp³-hybridized carbons (Fsp3) is 0.538. The topological polar surface area (TPSA) is 87.8 Å². The lowest BCUT2D eigenvalue weighted by atomic mass is 9.97. The number of nitrogens with zero attached hydrogens (tertiary/aromatic N) is 4. The van der Waals surface area contributed by atoms with Gasteiger partial charge in [-0.2, -0.15) is 9.61 Å². The average Bonchev–Trinajstić information content (AvgIpc) is 2.82. The molecule has 0 radical (unpaired) electrons. The minimum absolute atomic E-state index is 0.162. The van der Waals surface area contributed by atoms with Crippen molar-refractivity contribution in [2.24, 2.45) is 5.92 Å². The van der Waals surface area contributed by atoms with E-state index in [1.807, 2.05) is 0 Å². The molecule has 0 aromatic carbocycles. The summed E-state index contributed by atoms with van der Waals surface area (Å²) in [5, 5.41) is 14.1. The molecule has 3 heterocycles. The monoisotopic (exact) mass is 308 g/mol. The van der Waals surface area contributed by atoms with Crippen LogP contribution in [0.15, 0.2) is 10.9 Å². The normalized spacial score (nSPS) is 17.4. The van der Waals surface area contributed by atoms with E-state index in [0.29, 0.717) is 30.0 Å². The molecule has 0 aliphatic carbocycles. The predicted molar refractivity (Wildman–Crippen MR) is 77.5 cm³/mol. The lowest BCUT2D eigenvalue weighted by molar-refractivity contribution is -0.143. The van der Waals surface area contributed by atoms with Crippen LogP contribution in [0.4, 0.5) is 0 Å². The molecule has 3 rings (SSSR count). The summed E-state index contributed by atoms with van der Waals surface area (Å²) in [6, 6.07) is 1.47. The Hall–Kier alpha value is -1.80. The van der Waals surface area contributed by atoms with E-state index in [1.54, 1.807) is 6.92 Å². The van der Waals surface area contributed by atoms with E-state index < -0.39 is 5.97 Å². The smallest absolute Gasteiger partial charge is 0.306 e. The molecule has 8 heteroatoms. The first-order valence-electron chi connectivity index (χ1n) is 6.84. The molecule has 7 nitrogen and oxygen atoms in total. The van der Waals surface area contributed by atoms with Gasteiger partial charge in [0.15, 0.2) is 0 Å². The van der Waals surface area contributed by atoms with Gasteiger partial charge in [0, 0.05) is 11.8 Å². The highest BCUT2D eigenvalue weighted by molar-refractivity contribution is 7.16. The van der Waals surface area contributed by atoms with Crippen LogP contribution in [0.5, 0.6) is 0 Å². The van der Waals surface area contributed by atoms with Crippen molar-refractivity contribution in [3.8, 4) is 0 Å². The van der Waals surface area contributed by atoms with Gasteiger partial charge in [-0.15, -0.1) is 0 Å². The van der Waals surface area contributed by atoms with Gasteiger partial charge in [-0.25, -0.2) is 4.98 Å². The molecule has 1 fully saturated rings. The van der Waals surface area contributed by atoms with Gasteiger partial charge in [-0.3, -0.25) is 14.5 Å². The Labute approximate surface area is 124 Å². The minimum atomic E-state index is -0.708. The molecule has 112 valence electrons. The summed E-state index contributed by atoms with van der Waals surface area (Å²) in [5.74, 6) is -0.940. The van der Waals surface area contributed by atoms with Crippen molar-refractivity contribution in [2.45, 2.75) is 26.3 Å². The summed E-state index contributed by atoms with van der Waals surface area (Å²) in [4.78, 5) is 29.8. The van der Waals surface area contributed by atoms with Crippen molar-refractivity contribution >= 4 is 22.3 Å². The van der Waals surface area contributed by atoms with Crippen molar-refractivity contribution in [3.05, 3.63) is 27.1 Å². The number of rotatable bonds is 3. The number of hydrogen-bond acceptors (Lipinski definition) is 6. The van der Waals surface area contributed by atoms with Crippen LogP contribution >= 0.6 is 11.3 Å². The Balaban J connectivity index is 1.73. The molecule has 0 amide bonds. The maximum Gasteiger partial charge on any atom is 0.306 e. The highest BCUT2D eigenvalue weighted by Crippen LogP contribution is 2.20. The summed E-state index contributed by atoms with van der Waals surface area (Å²) in [6.07, 6.45) is 1.33. The molecule has 21 heavy (non-hydrogen) atoms. The standard InChI is InChI=1S/C13H16N4O3S/c1-8-6-11(18)17-13(14-8)21-10(15-17)7-16-4-2-9(3-5-16)12(19)20/h6,9H,2-5,7H2,1H3,(H,19,20). The molecule has 1 N–H and O–H groups in total. The van der Waals surface area contributed by atoms with Gasteiger partial charge >= 0.3 is 5.97 Å². The third-order valence-corrected chi connectivity index (χ3v) is 4.60. The van der Waals surface area contributed by atoms with Crippen LogP contribution in [0.2, 0.25) is 0 Å². The largest absolute Gasteiger partial charge is 0.481 e. The highest BCUT2D eigenvalue weighted by Gasteiger charge is 2.25. The van der Waals surface area contributed by atoms with Gasteiger partial charge in [-0.1, -0.05) is 11.3 Å². The Bertz CT molecular complexity index is 731. The Morgan fingerprint density at radius 1 is 1.48 bits per heavy atom. The van der Waals surface area contributed by atoms with E-state index in [4.69, 9.17) is 5.11 Å².